The molecule has 1 aliphatic heterocycles. The standard InChI is InChI=1S/C35H38N8O3/c1-23-9-4-15-32(24(23)2)46-18-8-16-33(44)43-17-7-13-30-29(12-6-14-31(30)43)28-20-36-42(22-28)21-26-10-5-11-27(19-26)35(45)37-25(3)34-38-40-41-39-34/h4-6,9-12,14-15,19-20,22,25H,7-8,13,16-18,21H2,1-3H3,(H,37,45)(H,38,39,40,41). The van der Waals surface area contributed by atoms with Gasteiger partial charge in [-0.3, -0.25) is 14.3 Å². The molecule has 1 atom stereocenters. The molecule has 0 bridgehead atoms. The molecule has 0 spiro atoms. The highest BCUT2D eigenvalue weighted by Gasteiger charge is 2.25. The second kappa shape index (κ2) is 13.8. The lowest BCUT2D eigenvalue weighted by atomic mass is 9.93. The second-order valence-corrected chi connectivity index (χ2v) is 11.7. The van der Waals surface area contributed by atoms with Gasteiger partial charge in [0.1, 0.15) is 5.75 Å². The van der Waals surface area contributed by atoms with Gasteiger partial charge in [-0.1, -0.05) is 36.4 Å². The van der Waals surface area contributed by atoms with Crippen LogP contribution in [0.4, 0.5) is 5.69 Å². The maximum Gasteiger partial charge on any atom is 0.251 e. The molecule has 0 aliphatic carbocycles. The highest BCUT2D eigenvalue weighted by molar-refractivity contribution is 5.96. The molecule has 236 valence electrons. The van der Waals surface area contributed by atoms with Crippen LogP contribution in [0, 0.1) is 13.8 Å². The van der Waals surface area contributed by atoms with Gasteiger partial charge in [0.2, 0.25) is 5.91 Å². The number of aromatic nitrogens is 6. The summed E-state index contributed by atoms with van der Waals surface area (Å²) in [6.07, 6.45) is 6.78. The van der Waals surface area contributed by atoms with Crippen molar-refractivity contribution in [3.63, 3.8) is 0 Å². The van der Waals surface area contributed by atoms with E-state index in [0.717, 1.165) is 46.5 Å². The van der Waals surface area contributed by atoms with Gasteiger partial charge in [0, 0.05) is 36.0 Å². The van der Waals surface area contributed by atoms with Gasteiger partial charge in [0.05, 0.1) is 25.4 Å². The van der Waals surface area contributed by atoms with E-state index in [1.807, 2.05) is 71.4 Å². The lowest BCUT2D eigenvalue weighted by Crippen LogP contribution is -2.35. The molecule has 11 nitrogen and oxygen atoms in total. The number of benzene rings is 3. The monoisotopic (exact) mass is 618 g/mol. The summed E-state index contributed by atoms with van der Waals surface area (Å²) in [6.45, 7) is 7.67. The zero-order valence-corrected chi connectivity index (χ0v) is 26.4. The molecule has 0 radical (unpaired) electrons. The normalized spacial score (nSPS) is 13.2. The molecule has 0 fully saturated rings. The van der Waals surface area contributed by atoms with E-state index in [1.54, 1.807) is 6.07 Å². The maximum atomic E-state index is 13.4. The Bertz CT molecular complexity index is 1830. The van der Waals surface area contributed by atoms with Crippen LogP contribution in [-0.2, 0) is 17.8 Å². The Labute approximate surface area is 268 Å². The zero-order chi connectivity index (χ0) is 32.0. The van der Waals surface area contributed by atoms with Crippen molar-refractivity contribution < 1.29 is 14.3 Å². The largest absolute Gasteiger partial charge is 0.493 e. The third-order valence-corrected chi connectivity index (χ3v) is 8.50. The number of carbonyl (C=O) groups excluding carboxylic acids is 2. The van der Waals surface area contributed by atoms with Crippen LogP contribution >= 0.6 is 0 Å². The number of carbonyl (C=O) groups is 2. The quantitative estimate of drug-likeness (QED) is 0.191. The van der Waals surface area contributed by atoms with Crippen molar-refractivity contribution in [3.05, 3.63) is 107 Å². The molecule has 3 aromatic carbocycles. The summed E-state index contributed by atoms with van der Waals surface area (Å²) in [6, 6.07) is 19.3. The van der Waals surface area contributed by atoms with E-state index in [4.69, 9.17) is 4.74 Å². The van der Waals surface area contributed by atoms with Crippen molar-refractivity contribution in [1.29, 1.82) is 0 Å². The Morgan fingerprint density at radius 1 is 1.09 bits per heavy atom. The van der Waals surface area contributed by atoms with Gasteiger partial charge in [-0.25, -0.2) is 5.10 Å². The first-order valence-corrected chi connectivity index (χ1v) is 15.6. The molecule has 5 aromatic rings. The van der Waals surface area contributed by atoms with E-state index in [2.05, 4.69) is 57.0 Å². The highest BCUT2D eigenvalue weighted by atomic mass is 16.5. The number of tetrazole rings is 1. The van der Waals surface area contributed by atoms with Crippen LogP contribution in [0.5, 0.6) is 5.75 Å². The Balaban J connectivity index is 1.10. The van der Waals surface area contributed by atoms with Crippen molar-refractivity contribution in [2.24, 2.45) is 0 Å². The number of ether oxygens (including phenoxy) is 1. The summed E-state index contributed by atoms with van der Waals surface area (Å²) < 4.78 is 7.86. The van der Waals surface area contributed by atoms with Gasteiger partial charge >= 0.3 is 0 Å². The van der Waals surface area contributed by atoms with E-state index in [1.165, 1.54) is 11.1 Å². The number of hydrogen-bond donors (Lipinski definition) is 2. The maximum absolute atomic E-state index is 13.4. The number of anilines is 1. The van der Waals surface area contributed by atoms with Gasteiger partial charge in [-0.15, -0.1) is 5.10 Å². The van der Waals surface area contributed by atoms with Crippen molar-refractivity contribution in [2.75, 3.05) is 18.1 Å². The van der Waals surface area contributed by atoms with Crippen molar-refractivity contribution in [3.8, 4) is 16.9 Å². The topological polar surface area (TPSA) is 131 Å². The number of rotatable bonds is 11. The van der Waals surface area contributed by atoms with E-state index in [9.17, 15) is 9.59 Å². The molecule has 0 saturated carbocycles. The molecule has 6 rings (SSSR count). The minimum absolute atomic E-state index is 0.120. The first-order chi connectivity index (χ1) is 22.4. The lowest BCUT2D eigenvalue weighted by Gasteiger charge is -2.31. The van der Waals surface area contributed by atoms with Crippen LogP contribution < -0.4 is 15.0 Å². The number of fused-ring (bicyclic) bond motifs is 1. The molecule has 2 amide bonds. The van der Waals surface area contributed by atoms with Gasteiger partial charge in [0.15, 0.2) is 5.82 Å². The summed E-state index contributed by atoms with van der Waals surface area (Å²) >= 11 is 0. The molecule has 3 heterocycles. The van der Waals surface area contributed by atoms with Crippen LogP contribution in [0.1, 0.15) is 70.7 Å². The Morgan fingerprint density at radius 2 is 1.93 bits per heavy atom. The van der Waals surface area contributed by atoms with Crippen LogP contribution in [0.15, 0.2) is 73.1 Å². The number of aromatic amines is 1. The van der Waals surface area contributed by atoms with Crippen LogP contribution in [-0.4, -0.2) is 55.4 Å². The number of nitrogens with one attached hydrogen (secondary N) is 2. The van der Waals surface area contributed by atoms with Crippen LogP contribution in [0.2, 0.25) is 0 Å². The van der Waals surface area contributed by atoms with E-state index >= 15 is 0 Å². The number of amides is 2. The Morgan fingerprint density at radius 3 is 2.78 bits per heavy atom. The molecular formula is C35H38N8O3. The number of aryl methyl sites for hydroxylation is 1. The molecule has 2 N–H and O–H groups in total. The zero-order valence-electron chi connectivity index (χ0n) is 26.4. The van der Waals surface area contributed by atoms with Gasteiger partial charge in [0.25, 0.3) is 5.91 Å². The fraction of sp³-hybridized carbons (Fsp3) is 0.314. The molecule has 46 heavy (non-hydrogen) atoms. The summed E-state index contributed by atoms with van der Waals surface area (Å²) in [5.74, 6) is 1.28. The fourth-order valence-corrected chi connectivity index (χ4v) is 5.86. The smallest absolute Gasteiger partial charge is 0.251 e. The minimum atomic E-state index is -0.356. The molecule has 0 saturated heterocycles. The average Bonchev–Trinajstić information content (AvgIpc) is 3.78. The second-order valence-electron chi connectivity index (χ2n) is 11.7. The molecule has 1 unspecified atom stereocenters. The first-order valence-electron chi connectivity index (χ1n) is 15.6. The van der Waals surface area contributed by atoms with E-state index in [-0.39, 0.29) is 17.9 Å². The van der Waals surface area contributed by atoms with E-state index < -0.39 is 0 Å². The molecular weight excluding hydrogens is 580 g/mol. The van der Waals surface area contributed by atoms with E-state index in [0.29, 0.717) is 43.9 Å². The van der Waals surface area contributed by atoms with Crippen molar-refractivity contribution >= 4 is 17.5 Å². The van der Waals surface area contributed by atoms with Crippen LogP contribution in [0.3, 0.4) is 0 Å². The highest BCUT2D eigenvalue weighted by Crippen LogP contribution is 2.36. The fourth-order valence-electron chi connectivity index (χ4n) is 5.86. The van der Waals surface area contributed by atoms with Gasteiger partial charge in [-0.2, -0.15) is 5.10 Å². The third-order valence-electron chi connectivity index (χ3n) is 8.50. The predicted octanol–water partition coefficient (Wildman–Crippen LogP) is 5.36. The summed E-state index contributed by atoms with van der Waals surface area (Å²) in [5, 5.41) is 21.2. The number of hydrogen-bond acceptors (Lipinski definition) is 7. The molecule has 11 heteroatoms. The first kappa shape index (κ1) is 30.7. The Kier molecular flexibility index (Phi) is 9.18. The average molecular weight is 619 g/mol. The van der Waals surface area contributed by atoms with Crippen molar-refractivity contribution in [2.45, 2.75) is 59.0 Å². The summed E-state index contributed by atoms with van der Waals surface area (Å²) in [7, 11) is 0. The number of H-pyrrole nitrogens is 1. The minimum Gasteiger partial charge on any atom is -0.493 e. The number of nitrogens with zero attached hydrogens (tertiary/aromatic N) is 6. The predicted molar refractivity (Wildman–Crippen MR) is 175 cm³/mol. The SMILES string of the molecule is Cc1cccc(OCCCC(=O)N2CCCc3c(-c4cnn(Cc5cccc(C(=O)NC(C)c6nnn[nH]6)c5)c4)cccc32)c1C. The Hall–Kier alpha value is -5.32. The van der Waals surface area contributed by atoms with Crippen LogP contribution in [0.25, 0.3) is 11.1 Å². The van der Waals surface area contributed by atoms with Gasteiger partial charge in [-0.05, 0) is 103 Å². The molecule has 2 aromatic heterocycles. The van der Waals surface area contributed by atoms with Crippen molar-refractivity contribution in [1.82, 2.24) is 35.7 Å². The summed E-state index contributed by atoms with van der Waals surface area (Å²) in [5.41, 5.74) is 8.06. The summed E-state index contributed by atoms with van der Waals surface area (Å²) in [4.78, 5) is 28.1. The lowest BCUT2D eigenvalue weighted by molar-refractivity contribution is -0.118. The van der Waals surface area contributed by atoms with Gasteiger partial charge < -0.3 is 15.0 Å². The third kappa shape index (κ3) is 6.83. The molecule has 1 aliphatic rings.